The molecule has 0 aliphatic carbocycles. The fraction of sp³-hybridized carbons (Fsp3) is 0.316. The Morgan fingerprint density at radius 1 is 1.16 bits per heavy atom. The minimum Gasteiger partial charge on any atom is -0.493 e. The van der Waals surface area contributed by atoms with Crippen molar-refractivity contribution >= 4 is 27.3 Å². The summed E-state index contributed by atoms with van der Waals surface area (Å²) in [5.74, 6) is -0.650. The van der Waals surface area contributed by atoms with Gasteiger partial charge in [0, 0.05) is 18.9 Å². The lowest BCUT2D eigenvalue weighted by Crippen LogP contribution is -2.17. The van der Waals surface area contributed by atoms with Crippen molar-refractivity contribution < 1.29 is 32.3 Å². The molecule has 0 radical (unpaired) electrons. The lowest BCUT2D eigenvalue weighted by atomic mass is 10.1. The summed E-state index contributed by atoms with van der Waals surface area (Å²) in [6.45, 7) is 2.13. The third-order valence-corrected chi connectivity index (χ3v) is 5.27. The normalized spacial score (nSPS) is 11.1. The average Bonchev–Trinajstić information content (AvgIpc) is 2.72. The molecule has 11 nitrogen and oxygen atoms in total. The van der Waals surface area contributed by atoms with Crippen LogP contribution in [0.3, 0.4) is 0 Å². The Balaban J connectivity index is 2.44. The fourth-order valence-electron chi connectivity index (χ4n) is 2.78. The number of ether oxygens (including phenoxy) is 3. The summed E-state index contributed by atoms with van der Waals surface area (Å²) in [6, 6.07) is 6.46. The van der Waals surface area contributed by atoms with Crippen LogP contribution >= 0.6 is 0 Å². The number of nitro groups is 1. The Bertz CT molecular complexity index is 1090. The van der Waals surface area contributed by atoms with Crippen molar-refractivity contribution in [3.05, 3.63) is 51.6 Å². The van der Waals surface area contributed by atoms with Crippen LogP contribution in [-0.2, 0) is 21.2 Å². The van der Waals surface area contributed by atoms with Gasteiger partial charge in [-0.25, -0.2) is 13.6 Å². The highest BCUT2D eigenvalue weighted by Crippen LogP contribution is 2.35. The first kappa shape index (κ1) is 24.1. The topological polar surface area (TPSA) is 160 Å². The fourth-order valence-corrected chi connectivity index (χ4v) is 3.65. The molecular weight excluding hydrogens is 430 g/mol. The Kier molecular flexibility index (Phi) is 7.91. The van der Waals surface area contributed by atoms with Gasteiger partial charge in [-0.05, 0) is 24.1 Å². The van der Waals surface area contributed by atoms with E-state index >= 15 is 0 Å². The van der Waals surface area contributed by atoms with Crippen LogP contribution in [-0.4, -0.2) is 46.7 Å². The minimum atomic E-state index is -4.02. The SMILES string of the molecule is CCc1ccc(NC(=O)c2cc(OC)c(OCCOC)cc2[N+](=O)[O-])cc1S(N)(=O)=O. The van der Waals surface area contributed by atoms with Gasteiger partial charge in [0.15, 0.2) is 11.5 Å². The van der Waals surface area contributed by atoms with E-state index in [9.17, 15) is 23.3 Å². The van der Waals surface area contributed by atoms with Crippen molar-refractivity contribution in [2.75, 3.05) is 32.8 Å². The van der Waals surface area contributed by atoms with E-state index < -0.39 is 26.5 Å². The molecule has 2 aromatic rings. The molecule has 3 N–H and O–H groups in total. The van der Waals surface area contributed by atoms with E-state index in [2.05, 4.69) is 5.32 Å². The number of methoxy groups -OCH3 is 2. The molecule has 2 rings (SSSR count). The van der Waals surface area contributed by atoms with E-state index in [4.69, 9.17) is 19.3 Å². The number of hydrogen-bond acceptors (Lipinski definition) is 8. The average molecular weight is 453 g/mol. The number of nitrogens with zero attached hydrogens (tertiary/aromatic N) is 1. The van der Waals surface area contributed by atoms with E-state index in [1.807, 2.05) is 0 Å². The molecule has 31 heavy (non-hydrogen) atoms. The zero-order chi connectivity index (χ0) is 23.2. The van der Waals surface area contributed by atoms with Gasteiger partial charge in [0.05, 0.1) is 29.6 Å². The second kappa shape index (κ2) is 10.2. The van der Waals surface area contributed by atoms with Crippen LogP contribution in [0.5, 0.6) is 11.5 Å². The van der Waals surface area contributed by atoms with Crippen molar-refractivity contribution in [1.29, 1.82) is 0 Å². The maximum Gasteiger partial charge on any atom is 0.286 e. The number of sulfonamides is 1. The van der Waals surface area contributed by atoms with Crippen molar-refractivity contribution in [2.24, 2.45) is 5.14 Å². The summed E-state index contributed by atoms with van der Waals surface area (Å²) in [4.78, 5) is 23.5. The largest absolute Gasteiger partial charge is 0.493 e. The number of hydrogen-bond donors (Lipinski definition) is 2. The van der Waals surface area contributed by atoms with E-state index in [1.54, 1.807) is 6.92 Å². The number of benzene rings is 2. The molecule has 0 spiro atoms. The molecule has 168 valence electrons. The molecule has 12 heteroatoms. The highest BCUT2D eigenvalue weighted by Gasteiger charge is 2.25. The first-order valence-electron chi connectivity index (χ1n) is 9.07. The van der Waals surface area contributed by atoms with Crippen molar-refractivity contribution in [2.45, 2.75) is 18.2 Å². The monoisotopic (exact) mass is 453 g/mol. The number of nitro benzene ring substituents is 1. The number of amides is 1. The molecular formula is C19H23N3O8S. The smallest absolute Gasteiger partial charge is 0.286 e. The molecule has 0 saturated heterocycles. The van der Waals surface area contributed by atoms with E-state index in [1.165, 1.54) is 38.5 Å². The highest BCUT2D eigenvalue weighted by molar-refractivity contribution is 7.89. The summed E-state index contributed by atoms with van der Waals surface area (Å²) in [5, 5.41) is 19.2. The van der Waals surface area contributed by atoms with Crippen molar-refractivity contribution in [3.8, 4) is 11.5 Å². The maximum absolute atomic E-state index is 12.8. The summed E-state index contributed by atoms with van der Waals surface area (Å²) in [6.07, 6.45) is 0.410. The number of rotatable bonds is 10. The molecule has 0 heterocycles. The molecule has 0 aliphatic heterocycles. The highest BCUT2D eigenvalue weighted by atomic mass is 32.2. The minimum absolute atomic E-state index is 0.0756. The number of carbonyl (C=O) groups is 1. The van der Waals surface area contributed by atoms with Crippen LogP contribution in [0.15, 0.2) is 35.2 Å². The van der Waals surface area contributed by atoms with E-state index in [0.717, 1.165) is 6.07 Å². The van der Waals surface area contributed by atoms with Crippen molar-refractivity contribution in [1.82, 2.24) is 0 Å². The van der Waals surface area contributed by atoms with Gasteiger partial charge in [0.2, 0.25) is 10.0 Å². The van der Waals surface area contributed by atoms with E-state index in [0.29, 0.717) is 12.0 Å². The van der Waals surface area contributed by atoms with Gasteiger partial charge < -0.3 is 19.5 Å². The standard InChI is InChI=1S/C19H23N3O8S/c1-4-12-5-6-13(9-18(12)31(20,26)27)21-19(23)14-10-16(29-3)17(30-8-7-28-2)11-15(14)22(24)25/h5-6,9-11H,4,7-8H2,1-3H3,(H,21,23)(H2,20,26,27). The third kappa shape index (κ3) is 5.90. The van der Waals surface area contributed by atoms with Gasteiger partial charge in [0.25, 0.3) is 11.6 Å². The van der Waals surface area contributed by atoms with Crippen molar-refractivity contribution in [3.63, 3.8) is 0 Å². The Labute approximate surface area is 179 Å². The van der Waals surface area contributed by atoms with Crippen LogP contribution in [0.1, 0.15) is 22.8 Å². The van der Waals surface area contributed by atoms with Gasteiger partial charge in [-0.2, -0.15) is 0 Å². The molecule has 2 aromatic carbocycles. The van der Waals surface area contributed by atoms with Crippen LogP contribution in [0, 0.1) is 10.1 Å². The lowest BCUT2D eigenvalue weighted by molar-refractivity contribution is -0.385. The summed E-state index contributed by atoms with van der Waals surface area (Å²) in [7, 11) is -1.22. The molecule has 0 bridgehead atoms. The number of nitrogens with two attached hydrogens (primary N) is 1. The summed E-state index contributed by atoms with van der Waals surface area (Å²) in [5.41, 5.74) is -0.217. The zero-order valence-electron chi connectivity index (χ0n) is 17.2. The van der Waals surface area contributed by atoms with Crippen LogP contribution in [0.2, 0.25) is 0 Å². The number of primary sulfonamides is 1. The second-order valence-electron chi connectivity index (χ2n) is 6.29. The predicted octanol–water partition coefficient (Wildman–Crippen LogP) is 2.09. The molecule has 0 aromatic heterocycles. The molecule has 0 fully saturated rings. The number of anilines is 1. The third-order valence-electron chi connectivity index (χ3n) is 4.28. The number of aryl methyl sites for hydroxylation is 1. The quantitative estimate of drug-likeness (QED) is 0.314. The first-order valence-corrected chi connectivity index (χ1v) is 10.6. The molecule has 0 saturated carbocycles. The number of nitrogens with one attached hydrogen (secondary N) is 1. The second-order valence-corrected chi connectivity index (χ2v) is 7.82. The molecule has 1 amide bonds. The van der Waals surface area contributed by atoms with Gasteiger partial charge >= 0.3 is 0 Å². The Morgan fingerprint density at radius 3 is 2.42 bits per heavy atom. The lowest BCUT2D eigenvalue weighted by Gasteiger charge is -2.13. The summed E-state index contributed by atoms with van der Waals surface area (Å²) >= 11 is 0. The van der Waals surface area contributed by atoms with Crippen LogP contribution in [0.25, 0.3) is 0 Å². The van der Waals surface area contributed by atoms with Gasteiger partial charge in [-0.3, -0.25) is 14.9 Å². The van der Waals surface area contributed by atoms with E-state index in [-0.39, 0.29) is 40.9 Å². The molecule has 0 atom stereocenters. The first-order chi connectivity index (χ1) is 14.6. The van der Waals surface area contributed by atoms with Gasteiger partial charge in [0.1, 0.15) is 12.2 Å². The van der Waals surface area contributed by atoms with Gasteiger partial charge in [-0.15, -0.1) is 0 Å². The molecule has 0 unspecified atom stereocenters. The Morgan fingerprint density at radius 2 is 1.87 bits per heavy atom. The van der Waals surface area contributed by atoms with Crippen LogP contribution in [0.4, 0.5) is 11.4 Å². The number of carbonyl (C=O) groups excluding carboxylic acids is 1. The van der Waals surface area contributed by atoms with Crippen LogP contribution < -0.4 is 19.9 Å². The summed E-state index contributed by atoms with van der Waals surface area (Å²) < 4.78 is 39.1. The molecule has 0 aliphatic rings. The zero-order valence-corrected chi connectivity index (χ0v) is 18.0. The van der Waals surface area contributed by atoms with Gasteiger partial charge in [-0.1, -0.05) is 13.0 Å². The Hall–Kier alpha value is -3.22. The predicted molar refractivity (Wildman–Crippen MR) is 112 cm³/mol. The maximum atomic E-state index is 12.8.